The zero-order chi connectivity index (χ0) is 18.2. The molecule has 0 radical (unpaired) electrons. The highest BCUT2D eigenvalue weighted by molar-refractivity contribution is 6.00. The van der Waals surface area contributed by atoms with Gasteiger partial charge in [0.2, 0.25) is 0 Å². The average Bonchev–Trinajstić information content (AvgIpc) is 2.69. The number of hydrogen-bond donors (Lipinski definition) is 0. The highest BCUT2D eigenvalue weighted by Crippen LogP contribution is 2.14. The van der Waals surface area contributed by atoms with E-state index in [2.05, 4.69) is 26.0 Å². The quantitative estimate of drug-likeness (QED) is 0.564. The number of piperazine rings is 1. The van der Waals surface area contributed by atoms with Crippen LogP contribution in [0.2, 0.25) is 0 Å². The van der Waals surface area contributed by atoms with Gasteiger partial charge in [0, 0.05) is 32.4 Å². The summed E-state index contributed by atoms with van der Waals surface area (Å²) in [6.07, 6.45) is 3.64. The first kappa shape index (κ1) is 18.3. The van der Waals surface area contributed by atoms with Crippen LogP contribution in [0.1, 0.15) is 18.4 Å². The van der Waals surface area contributed by atoms with Crippen molar-refractivity contribution in [2.45, 2.75) is 12.8 Å². The molecule has 0 spiro atoms. The Morgan fingerprint density at radius 1 is 1.12 bits per heavy atom. The topological polar surface area (TPSA) is 41.0 Å². The summed E-state index contributed by atoms with van der Waals surface area (Å²) in [4.78, 5) is 14.2. The van der Waals surface area contributed by atoms with Crippen molar-refractivity contribution in [3.63, 3.8) is 0 Å². The van der Waals surface area contributed by atoms with Gasteiger partial charge in [0.05, 0.1) is 5.71 Å². The molecule has 1 aromatic heterocycles. The van der Waals surface area contributed by atoms with Gasteiger partial charge in [0.25, 0.3) is 0 Å². The predicted octanol–water partition coefficient (Wildman–Crippen LogP) is 3.17. The smallest absolute Gasteiger partial charge is 0.128 e. The van der Waals surface area contributed by atoms with Gasteiger partial charge in [0.15, 0.2) is 0 Å². The van der Waals surface area contributed by atoms with Gasteiger partial charge in [0.1, 0.15) is 18.7 Å². The third-order valence-electron chi connectivity index (χ3n) is 4.61. The van der Waals surface area contributed by atoms with Crippen molar-refractivity contribution >= 4 is 11.5 Å². The van der Waals surface area contributed by atoms with Gasteiger partial charge >= 0.3 is 0 Å². The van der Waals surface area contributed by atoms with Crippen molar-refractivity contribution in [1.82, 2.24) is 9.88 Å². The van der Waals surface area contributed by atoms with Crippen molar-refractivity contribution < 1.29 is 9.23 Å². The molecule has 1 aromatic carbocycles. The number of aromatic nitrogens is 1. The number of hydrogen-bond acceptors (Lipinski definition) is 5. The summed E-state index contributed by atoms with van der Waals surface area (Å²) in [6, 6.07) is 12.4. The zero-order valence-corrected chi connectivity index (χ0v) is 15.1. The van der Waals surface area contributed by atoms with Gasteiger partial charge < -0.3 is 9.74 Å². The fourth-order valence-electron chi connectivity index (χ4n) is 3.21. The number of benzene rings is 1. The lowest BCUT2D eigenvalue weighted by atomic mass is 10.1. The molecule has 1 aliphatic heterocycles. The van der Waals surface area contributed by atoms with Crippen LogP contribution in [-0.2, 0) is 4.84 Å². The first-order valence-corrected chi connectivity index (χ1v) is 9.00. The summed E-state index contributed by atoms with van der Waals surface area (Å²) in [6.45, 7) is 5.07. The van der Waals surface area contributed by atoms with E-state index < -0.39 is 0 Å². The summed E-state index contributed by atoms with van der Waals surface area (Å²) in [5.41, 5.74) is 1.77. The average molecular weight is 356 g/mol. The lowest BCUT2D eigenvalue weighted by Gasteiger charge is -2.35. The highest BCUT2D eigenvalue weighted by atomic mass is 19.1. The Balaban J connectivity index is 1.46. The van der Waals surface area contributed by atoms with Crippen LogP contribution in [-0.4, -0.2) is 55.4 Å². The number of halogens is 1. The molecule has 1 aliphatic rings. The number of rotatable bonds is 7. The zero-order valence-electron chi connectivity index (χ0n) is 15.1. The fraction of sp³-hybridized carbons (Fsp3) is 0.400. The SMILES string of the molecule is CO/N=C(\CCCN1CCN(c2ccccn2)CC1)c1ccc(F)cc1. The molecule has 6 heteroatoms. The molecule has 1 saturated heterocycles. The maximum absolute atomic E-state index is 13.1. The molecule has 5 nitrogen and oxygen atoms in total. The Bertz CT molecular complexity index is 698. The lowest BCUT2D eigenvalue weighted by molar-refractivity contribution is 0.212. The van der Waals surface area contributed by atoms with Gasteiger partial charge in [-0.25, -0.2) is 9.37 Å². The minimum absolute atomic E-state index is 0.240. The minimum atomic E-state index is -0.240. The molecule has 0 unspecified atom stereocenters. The second-order valence-electron chi connectivity index (χ2n) is 6.35. The Labute approximate surface area is 154 Å². The van der Waals surface area contributed by atoms with Gasteiger partial charge in [-0.15, -0.1) is 0 Å². The summed E-state index contributed by atoms with van der Waals surface area (Å²) >= 11 is 0. The Morgan fingerprint density at radius 2 is 1.88 bits per heavy atom. The summed E-state index contributed by atoms with van der Waals surface area (Å²) in [5, 5.41) is 4.12. The van der Waals surface area contributed by atoms with Crippen molar-refractivity contribution in [2.24, 2.45) is 5.16 Å². The maximum atomic E-state index is 13.1. The summed E-state index contributed by atoms with van der Waals surface area (Å²) < 4.78 is 13.1. The van der Waals surface area contributed by atoms with E-state index in [-0.39, 0.29) is 5.82 Å². The van der Waals surface area contributed by atoms with Gasteiger partial charge in [-0.1, -0.05) is 23.4 Å². The van der Waals surface area contributed by atoms with Crippen molar-refractivity contribution in [2.75, 3.05) is 44.7 Å². The molecule has 0 amide bonds. The van der Waals surface area contributed by atoms with Crippen LogP contribution in [0.5, 0.6) is 0 Å². The predicted molar refractivity (Wildman–Crippen MR) is 102 cm³/mol. The molecule has 0 aliphatic carbocycles. The Hall–Kier alpha value is -2.47. The van der Waals surface area contributed by atoms with Crippen LogP contribution in [0.4, 0.5) is 10.2 Å². The van der Waals surface area contributed by atoms with Crippen LogP contribution in [0, 0.1) is 5.82 Å². The van der Waals surface area contributed by atoms with E-state index in [9.17, 15) is 4.39 Å². The Kier molecular flexibility index (Phi) is 6.55. The lowest BCUT2D eigenvalue weighted by Crippen LogP contribution is -2.46. The van der Waals surface area contributed by atoms with Crippen molar-refractivity contribution in [3.8, 4) is 0 Å². The third-order valence-corrected chi connectivity index (χ3v) is 4.61. The summed E-state index contributed by atoms with van der Waals surface area (Å²) in [5.74, 6) is 0.814. The van der Waals surface area contributed by atoms with E-state index in [1.165, 1.54) is 12.1 Å². The molecule has 0 N–H and O–H groups in total. The standard InChI is InChI=1S/C20H25FN4O/c1-26-23-19(17-7-9-18(21)10-8-17)5-4-12-24-13-15-25(16-14-24)20-6-2-3-11-22-20/h2-3,6-11H,4-5,12-16H2,1H3/b23-19+. The van der Waals surface area contributed by atoms with E-state index in [0.29, 0.717) is 0 Å². The first-order chi connectivity index (χ1) is 12.8. The molecular formula is C20H25FN4O. The van der Waals surface area contributed by atoms with E-state index >= 15 is 0 Å². The Morgan fingerprint density at radius 3 is 2.54 bits per heavy atom. The molecule has 26 heavy (non-hydrogen) atoms. The number of anilines is 1. The van der Waals surface area contributed by atoms with Crippen LogP contribution in [0.25, 0.3) is 0 Å². The van der Waals surface area contributed by atoms with E-state index in [1.807, 2.05) is 18.3 Å². The highest BCUT2D eigenvalue weighted by Gasteiger charge is 2.17. The molecule has 2 heterocycles. The van der Waals surface area contributed by atoms with Gasteiger partial charge in [-0.05, 0) is 49.2 Å². The molecule has 0 bridgehead atoms. The van der Waals surface area contributed by atoms with E-state index in [1.54, 1.807) is 19.2 Å². The maximum Gasteiger partial charge on any atom is 0.128 e. The molecule has 3 rings (SSSR count). The van der Waals surface area contributed by atoms with Crippen LogP contribution >= 0.6 is 0 Å². The third kappa shape index (κ3) is 5.02. The van der Waals surface area contributed by atoms with Gasteiger partial charge in [-0.2, -0.15) is 0 Å². The second-order valence-corrected chi connectivity index (χ2v) is 6.35. The van der Waals surface area contributed by atoms with Crippen LogP contribution in [0.3, 0.4) is 0 Å². The number of pyridine rings is 1. The van der Waals surface area contributed by atoms with E-state index in [4.69, 9.17) is 4.84 Å². The number of nitrogens with zero attached hydrogens (tertiary/aromatic N) is 4. The molecule has 1 fully saturated rings. The van der Waals surface area contributed by atoms with Crippen molar-refractivity contribution in [3.05, 3.63) is 60.0 Å². The molecule has 138 valence electrons. The largest absolute Gasteiger partial charge is 0.399 e. The molecule has 0 atom stereocenters. The van der Waals surface area contributed by atoms with Crippen molar-refractivity contribution in [1.29, 1.82) is 0 Å². The van der Waals surface area contributed by atoms with Crippen LogP contribution in [0.15, 0.2) is 53.8 Å². The number of oxime groups is 1. The normalized spacial score (nSPS) is 15.9. The minimum Gasteiger partial charge on any atom is -0.399 e. The molecule has 2 aromatic rings. The molecule has 0 saturated carbocycles. The fourth-order valence-corrected chi connectivity index (χ4v) is 3.21. The monoisotopic (exact) mass is 356 g/mol. The first-order valence-electron chi connectivity index (χ1n) is 9.00. The van der Waals surface area contributed by atoms with E-state index in [0.717, 1.165) is 62.7 Å². The molecular weight excluding hydrogens is 331 g/mol. The van der Waals surface area contributed by atoms with Crippen LogP contribution < -0.4 is 4.90 Å². The second kappa shape index (κ2) is 9.29. The summed E-state index contributed by atoms with van der Waals surface area (Å²) in [7, 11) is 1.54. The van der Waals surface area contributed by atoms with Gasteiger partial charge in [-0.3, -0.25) is 4.90 Å².